The predicted octanol–water partition coefficient (Wildman–Crippen LogP) is -0.423. The van der Waals surface area contributed by atoms with Gasteiger partial charge in [-0.25, -0.2) is 9.78 Å². The van der Waals surface area contributed by atoms with E-state index in [4.69, 9.17) is 21.7 Å². The molecule has 0 saturated carbocycles. The second kappa shape index (κ2) is 10.5. The maximum absolute atomic E-state index is 13.6. The van der Waals surface area contributed by atoms with E-state index in [0.717, 1.165) is 0 Å². The molecule has 2 aromatic heterocycles. The fourth-order valence-corrected chi connectivity index (χ4v) is 2.75. The highest BCUT2D eigenvalue weighted by atomic mass is 19.4. The number of nitrogen functional groups attached to an aromatic ring is 2. The molecule has 9 N–H and O–H groups in total. The molecule has 0 aliphatic carbocycles. The largest absolute Gasteiger partial charge is 0.481 e. The number of hydrogen-bond donors (Lipinski definition) is 7. The lowest BCUT2D eigenvalue weighted by atomic mass is 10.1. The van der Waals surface area contributed by atoms with Crippen molar-refractivity contribution in [1.29, 1.82) is 0 Å². The van der Waals surface area contributed by atoms with Crippen molar-refractivity contribution in [2.45, 2.75) is 31.5 Å². The van der Waals surface area contributed by atoms with Gasteiger partial charge >= 0.3 is 18.1 Å². The number of H-pyrrole nitrogens is 1. The van der Waals surface area contributed by atoms with Gasteiger partial charge in [0.1, 0.15) is 17.6 Å². The third-order valence-electron chi connectivity index (χ3n) is 4.35. The molecule has 2 heterocycles. The lowest BCUT2D eigenvalue weighted by molar-refractivity contribution is -0.140. The first-order valence-electron chi connectivity index (χ1n) is 9.45. The van der Waals surface area contributed by atoms with Crippen molar-refractivity contribution in [3.63, 3.8) is 0 Å². The number of carboxylic acid groups (broad SMARTS) is 2. The van der Waals surface area contributed by atoms with Gasteiger partial charge in [-0.05, 0) is 12.5 Å². The zero-order valence-corrected chi connectivity index (χ0v) is 17.5. The molecule has 2 amide bonds. The molecule has 17 heteroatoms. The maximum atomic E-state index is 13.6. The van der Waals surface area contributed by atoms with Crippen LogP contribution in [0.4, 0.5) is 30.6 Å². The Kier molecular flexibility index (Phi) is 7.96. The standard InChI is InChI=1S/C18H18F3N7O7/c19-18(20,21)8-3-6(25-10(29)4-7-13(22)27-17(23)28-14(7)32)5-24-12(8)15(33)26-9(16(34)35)1-2-11(30)31/h3,5,9H,1-2,4H2,(H,25,29)(H,26,33)(H,30,31)(H,34,35)(H5,22,23,27,28,32). The molecule has 2 aromatic rings. The van der Waals surface area contributed by atoms with Crippen LogP contribution < -0.4 is 27.7 Å². The second-order valence-corrected chi connectivity index (χ2v) is 6.95. The monoisotopic (exact) mass is 501 g/mol. The Morgan fingerprint density at radius 2 is 1.83 bits per heavy atom. The van der Waals surface area contributed by atoms with E-state index in [1.807, 2.05) is 0 Å². The first-order valence-corrected chi connectivity index (χ1v) is 9.45. The lowest BCUT2D eigenvalue weighted by Gasteiger charge is -2.17. The topological polar surface area (TPSA) is 243 Å². The van der Waals surface area contributed by atoms with Crippen LogP contribution in [0.3, 0.4) is 0 Å². The first-order chi connectivity index (χ1) is 16.2. The van der Waals surface area contributed by atoms with Gasteiger partial charge in [0.25, 0.3) is 11.5 Å². The van der Waals surface area contributed by atoms with Crippen LogP contribution in [0.2, 0.25) is 0 Å². The molecule has 0 radical (unpaired) electrons. The quantitative estimate of drug-likeness (QED) is 0.232. The number of pyridine rings is 1. The van der Waals surface area contributed by atoms with E-state index in [-0.39, 0.29) is 17.3 Å². The van der Waals surface area contributed by atoms with Gasteiger partial charge in [-0.2, -0.15) is 18.2 Å². The molecule has 0 spiro atoms. The molecule has 0 fully saturated rings. The number of nitrogens with zero attached hydrogens (tertiary/aromatic N) is 2. The summed E-state index contributed by atoms with van der Waals surface area (Å²) >= 11 is 0. The number of carbonyl (C=O) groups is 4. The van der Waals surface area contributed by atoms with Crippen molar-refractivity contribution < 1.29 is 42.6 Å². The molecule has 35 heavy (non-hydrogen) atoms. The molecule has 14 nitrogen and oxygen atoms in total. The van der Waals surface area contributed by atoms with Crippen molar-refractivity contribution in [1.82, 2.24) is 20.3 Å². The summed E-state index contributed by atoms with van der Waals surface area (Å²) in [4.78, 5) is 67.3. The average Bonchev–Trinajstić information content (AvgIpc) is 2.72. The number of aromatic amines is 1. The highest BCUT2D eigenvalue weighted by Gasteiger charge is 2.37. The van der Waals surface area contributed by atoms with Gasteiger partial charge in [-0.3, -0.25) is 24.2 Å². The molecule has 0 aliphatic heterocycles. The Balaban J connectivity index is 2.27. The summed E-state index contributed by atoms with van der Waals surface area (Å²) in [5, 5.41) is 21.6. The molecule has 188 valence electrons. The third-order valence-corrected chi connectivity index (χ3v) is 4.35. The molecule has 1 unspecified atom stereocenters. The minimum absolute atomic E-state index is 0.294. The van der Waals surface area contributed by atoms with Crippen molar-refractivity contribution in [3.8, 4) is 0 Å². The number of rotatable bonds is 9. The molecular formula is C18H18F3N7O7. The van der Waals surface area contributed by atoms with Crippen LogP contribution in [0.15, 0.2) is 17.1 Å². The van der Waals surface area contributed by atoms with E-state index in [2.05, 4.69) is 20.3 Å². The Labute approximate surface area is 192 Å². The number of aliphatic carboxylic acids is 2. The summed E-state index contributed by atoms with van der Waals surface area (Å²) in [5.74, 6) is -6.21. The van der Waals surface area contributed by atoms with Crippen molar-refractivity contribution in [3.05, 3.63) is 39.4 Å². The van der Waals surface area contributed by atoms with E-state index in [0.29, 0.717) is 12.3 Å². The van der Waals surface area contributed by atoms with Crippen LogP contribution in [-0.4, -0.2) is 55.0 Å². The number of alkyl halides is 3. The number of amides is 2. The number of aromatic nitrogens is 3. The molecule has 0 aromatic carbocycles. The highest BCUT2D eigenvalue weighted by Crippen LogP contribution is 2.33. The zero-order valence-electron chi connectivity index (χ0n) is 17.5. The molecule has 0 saturated heterocycles. The smallest absolute Gasteiger partial charge is 0.418 e. The second-order valence-electron chi connectivity index (χ2n) is 6.95. The van der Waals surface area contributed by atoms with E-state index < -0.39 is 77.7 Å². The fourth-order valence-electron chi connectivity index (χ4n) is 2.75. The minimum atomic E-state index is -5.15. The van der Waals surface area contributed by atoms with Gasteiger partial charge in [0.2, 0.25) is 11.9 Å². The van der Waals surface area contributed by atoms with Gasteiger partial charge in [0, 0.05) is 6.42 Å². The number of hydrogen-bond acceptors (Lipinski definition) is 9. The Bertz CT molecular complexity index is 1230. The third kappa shape index (κ3) is 7.14. The lowest BCUT2D eigenvalue weighted by Crippen LogP contribution is -2.42. The molecular weight excluding hydrogens is 483 g/mol. The van der Waals surface area contributed by atoms with Crippen molar-refractivity contribution >= 4 is 41.2 Å². The normalized spacial score (nSPS) is 12.0. The molecule has 0 aliphatic rings. The summed E-state index contributed by atoms with van der Waals surface area (Å²) in [6.45, 7) is 0. The highest BCUT2D eigenvalue weighted by molar-refractivity contribution is 5.97. The number of carbonyl (C=O) groups excluding carboxylic acids is 2. The minimum Gasteiger partial charge on any atom is -0.481 e. The van der Waals surface area contributed by atoms with Gasteiger partial charge in [-0.15, -0.1) is 0 Å². The van der Waals surface area contributed by atoms with Gasteiger partial charge < -0.3 is 32.3 Å². The molecule has 2 rings (SSSR count). The van der Waals surface area contributed by atoms with Crippen LogP contribution in [0, 0.1) is 0 Å². The van der Waals surface area contributed by atoms with E-state index in [9.17, 15) is 37.1 Å². The summed E-state index contributed by atoms with van der Waals surface area (Å²) < 4.78 is 40.7. The predicted molar refractivity (Wildman–Crippen MR) is 111 cm³/mol. The van der Waals surface area contributed by atoms with E-state index in [1.165, 1.54) is 0 Å². The number of nitrogens with one attached hydrogen (secondary N) is 3. The first kappa shape index (κ1) is 26.6. The summed E-state index contributed by atoms with van der Waals surface area (Å²) in [6.07, 6.45) is -6.39. The van der Waals surface area contributed by atoms with Gasteiger partial charge in [-0.1, -0.05) is 0 Å². The zero-order chi connectivity index (χ0) is 26.5. The van der Waals surface area contributed by atoms with Crippen LogP contribution in [0.1, 0.15) is 34.5 Å². The number of nitrogens with two attached hydrogens (primary N) is 2. The SMILES string of the molecule is Nc1nc(N)c(CC(=O)Nc2cnc(C(=O)NC(CCC(=O)O)C(=O)O)c(C(F)(F)F)c2)c(=O)[nH]1. The van der Waals surface area contributed by atoms with Crippen LogP contribution in [0.25, 0.3) is 0 Å². The Hall–Kier alpha value is -4.70. The number of carboxylic acids is 2. The maximum Gasteiger partial charge on any atom is 0.418 e. The van der Waals surface area contributed by atoms with Crippen molar-refractivity contribution in [2.75, 3.05) is 16.8 Å². The van der Waals surface area contributed by atoms with Crippen LogP contribution in [-0.2, 0) is 27.0 Å². The molecule has 1 atom stereocenters. The Morgan fingerprint density at radius 3 is 2.37 bits per heavy atom. The number of anilines is 3. The summed E-state index contributed by atoms with van der Waals surface area (Å²) in [5.41, 5.74) is 6.38. The average molecular weight is 501 g/mol. The summed E-state index contributed by atoms with van der Waals surface area (Å²) in [7, 11) is 0. The van der Waals surface area contributed by atoms with E-state index in [1.54, 1.807) is 5.32 Å². The fraction of sp³-hybridized carbons (Fsp3) is 0.278. The molecule has 0 bridgehead atoms. The van der Waals surface area contributed by atoms with E-state index >= 15 is 0 Å². The number of halogens is 3. The summed E-state index contributed by atoms with van der Waals surface area (Å²) in [6, 6.07) is -1.42. The Morgan fingerprint density at radius 1 is 1.17 bits per heavy atom. The van der Waals surface area contributed by atoms with Crippen LogP contribution in [0.5, 0.6) is 0 Å². The van der Waals surface area contributed by atoms with Gasteiger partial charge in [0.05, 0.1) is 29.4 Å². The van der Waals surface area contributed by atoms with Crippen LogP contribution >= 0.6 is 0 Å². The van der Waals surface area contributed by atoms with Gasteiger partial charge in [0.15, 0.2) is 0 Å². The van der Waals surface area contributed by atoms with Crippen molar-refractivity contribution in [2.24, 2.45) is 0 Å².